The molecule has 2 aromatic carbocycles. The van der Waals surface area contributed by atoms with Gasteiger partial charge in [0.15, 0.2) is 11.6 Å². The summed E-state index contributed by atoms with van der Waals surface area (Å²) in [6.07, 6.45) is -0.858. The molecule has 0 aliphatic carbocycles. The van der Waals surface area contributed by atoms with Crippen LogP contribution in [0.15, 0.2) is 36.4 Å². The normalized spacial score (nSPS) is 12.3. The third kappa shape index (κ3) is 3.00. The second-order valence-corrected chi connectivity index (χ2v) is 4.77. The van der Waals surface area contributed by atoms with Gasteiger partial charge in [-0.1, -0.05) is 41.4 Å². The number of aliphatic hydroxyl groups excluding tert-OH is 1. The standard InChI is InChI=1S/C14H11Cl2FO2/c1-8(18)9-4-2-6-11(17)14(9)19-12-7-3-5-10(15)13(12)16/h2-8,18H,1H3. The van der Waals surface area contributed by atoms with Crippen molar-refractivity contribution in [2.24, 2.45) is 0 Å². The first kappa shape index (κ1) is 14.1. The molecule has 0 aromatic heterocycles. The molecule has 0 bridgehead atoms. The van der Waals surface area contributed by atoms with Gasteiger partial charge < -0.3 is 9.84 Å². The van der Waals surface area contributed by atoms with Crippen LogP contribution in [-0.2, 0) is 0 Å². The second-order valence-electron chi connectivity index (χ2n) is 3.99. The Morgan fingerprint density at radius 1 is 1.16 bits per heavy atom. The molecule has 0 amide bonds. The fourth-order valence-electron chi connectivity index (χ4n) is 1.63. The van der Waals surface area contributed by atoms with E-state index >= 15 is 0 Å². The van der Waals surface area contributed by atoms with Gasteiger partial charge in [-0.25, -0.2) is 4.39 Å². The van der Waals surface area contributed by atoms with Crippen molar-refractivity contribution in [3.05, 3.63) is 57.8 Å². The lowest BCUT2D eigenvalue weighted by Crippen LogP contribution is -1.99. The van der Waals surface area contributed by atoms with Crippen molar-refractivity contribution in [3.63, 3.8) is 0 Å². The number of ether oxygens (including phenoxy) is 1. The summed E-state index contributed by atoms with van der Waals surface area (Å²) in [4.78, 5) is 0. The first-order valence-corrected chi connectivity index (χ1v) is 6.34. The molecule has 0 aliphatic heterocycles. The molecule has 2 aromatic rings. The Morgan fingerprint density at radius 2 is 1.84 bits per heavy atom. The van der Waals surface area contributed by atoms with Crippen LogP contribution in [0.25, 0.3) is 0 Å². The third-order valence-electron chi connectivity index (χ3n) is 2.58. The van der Waals surface area contributed by atoms with Crippen LogP contribution in [0, 0.1) is 5.82 Å². The highest BCUT2D eigenvalue weighted by molar-refractivity contribution is 6.42. The van der Waals surface area contributed by atoms with Crippen molar-refractivity contribution >= 4 is 23.2 Å². The molecule has 0 radical (unpaired) electrons. The molecule has 0 aliphatic rings. The highest BCUT2D eigenvalue weighted by atomic mass is 35.5. The summed E-state index contributed by atoms with van der Waals surface area (Å²) in [5.74, 6) is -0.391. The molecule has 100 valence electrons. The van der Waals surface area contributed by atoms with Crippen molar-refractivity contribution in [1.82, 2.24) is 0 Å². The second kappa shape index (κ2) is 5.78. The molecule has 5 heteroatoms. The van der Waals surface area contributed by atoms with E-state index in [0.29, 0.717) is 10.6 Å². The van der Waals surface area contributed by atoms with Gasteiger partial charge in [0.1, 0.15) is 10.8 Å². The number of para-hydroxylation sites is 1. The lowest BCUT2D eigenvalue weighted by Gasteiger charge is -2.15. The van der Waals surface area contributed by atoms with Gasteiger partial charge in [-0.3, -0.25) is 0 Å². The Morgan fingerprint density at radius 3 is 2.53 bits per heavy atom. The molecular weight excluding hydrogens is 290 g/mol. The number of hydrogen-bond donors (Lipinski definition) is 1. The van der Waals surface area contributed by atoms with E-state index in [1.165, 1.54) is 19.1 Å². The molecule has 1 N–H and O–H groups in total. The smallest absolute Gasteiger partial charge is 0.168 e. The molecule has 0 spiro atoms. The van der Waals surface area contributed by atoms with E-state index in [4.69, 9.17) is 27.9 Å². The number of benzene rings is 2. The molecule has 0 saturated heterocycles. The molecule has 0 saturated carbocycles. The lowest BCUT2D eigenvalue weighted by atomic mass is 10.1. The van der Waals surface area contributed by atoms with Crippen LogP contribution in [0.1, 0.15) is 18.6 Å². The van der Waals surface area contributed by atoms with E-state index < -0.39 is 11.9 Å². The lowest BCUT2D eigenvalue weighted by molar-refractivity contribution is 0.194. The zero-order chi connectivity index (χ0) is 14.0. The predicted molar refractivity (Wildman–Crippen MR) is 73.6 cm³/mol. The summed E-state index contributed by atoms with van der Waals surface area (Å²) in [7, 11) is 0. The molecule has 0 fully saturated rings. The predicted octanol–water partition coefficient (Wildman–Crippen LogP) is 4.98. The maximum Gasteiger partial charge on any atom is 0.168 e. The van der Waals surface area contributed by atoms with Gasteiger partial charge in [-0.15, -0.1) is 0 Å². The SMILES string of the molecule is CC(O)c1cccc(F)c1Oc1cccc(Cl)c1Cl. The maximum atomic E-state index is 13.8. The van der Waals surface area contributed by atoms with Gasteiger partial charge >= 0.3 is 0 Å². The van der Waals surface area contributed by atoms with Gasteiger partial charge in [0.25, 0.3) is 0 Å². The summed E-state index contributed by atoms with van der Waals surface area (Å²) in [5, 5.41) is 10.1. The van der Waals surface area contributed by atoms with Crippen LogP contribution in [0.5, 0.6) is 11.5 Å². The monoisotopic (exact) mass is 300 g/mol. The van der Waals surface area contributed by atoms with Gasteiger partial charge in [0.2, 0.25) is 0 Å². The number of hydrogen-bond acceptors (Lipinski definition) is 2. The van der Waals surface area contributed by atoms with E-state index in [1.807, 2.05) is 0 Å². The number of halogens is 3. The van der Waals surface area contributed by atoms with E-state index in [1.54, 1.807) is 24.3 Å². The molecule has 2 nitrogen and oxygen atoms in total. The Balaban J connectivity index is 2.46. The van der Waals surface area contributed by atoms with E-state index in [9.17, 15) is 9.50 Å². The molecular formula is C14H11Cl2FO2. The Kier molecular flexibility index (Phi) is 4.30. The highest BCUT2D eigenvalue weighted by Crippen LogP contribution is 2.38. The summed E-state index contributed by atoms with van der Waals surface area (Å²) in [5.41, 5.74) is 0.344. The van der Waals surface area contributed by atoms with E-state index in [-0.39, 0.29) is 16.5 Å². The zero-order valence-electron chi connectivity index (χ0n) is 10.0. The van der Waals surface area contributed by atoms with Crippen LogP contribution in [0.4, 0.5) is 4.39 Å². The Hall–Kier alpha value is -1.29. The number of rotatable bonds is 3. The van der Waals surface area contributed by atoms with Crippen molar-refractivity contribution in [2.75, 3.05) is 0 Å². The van der Waals surface area contributed by atoms with Crippen molar-refractivity contribution in [1.29, 1.82) is 0 Å². The molecule has 1 atom stereocenters. The molecule has 0 heterocycles. The quantitative estimate of drug-likeness (QED) is 0.866. The fourth-order valence-corrected chi connectivity index (χ4v) is 1.97. The third-order valence-corrected chi connectivity index (χ3v) is 3.38. The van der Waals surface area contributed by atoms with Crippen molar-refractivity contribution < 1.29 is 14.2 Å². The Bertz CT molecular complexity index is 600. The van der Waals surface area contributed by atoms with Crippen molar-refractivity contribution in [3.8, 4) is 11.5 Å². The van der Waals surface area contributed by atoms with E-state index in [0.717, 1.165) is 0 Å². The highest BCUT2D eigenvalue weighted by Gasteiger charge is 2.16. The topological polar surface area (TPSA) is 29.5 Å². The van der Waals surface area contributed by atoms with Gasteiger partial charge in [-0.05, 0) is 25.1 Å². The average molecular weight is 301 g/mol. The van der Waals surface area contributed by atoms with Crippen LogP contribution in [-0.4, -0.2) is 5.11 Å². The summed E-state index contributed by atoms with van der Waals surface area (Å²) < 4.78 is 19.3. The minimum Gasteiger partial charge on any atom is -0.452 e. The van der Waals surface area contributed by atoms with Gasteiger partial charge in [0.05, 0.1) is 11.1 Å². The Labute approximate surface area is 120 Å². The first-order chi connectivity index (χ1) is 9.00. The van der Waals surface area contributed by atoms with Crippen LogP contribution in [0.2, 0.25) is 10.0 Å². The first-order valence-electron chi connectivity index (χ1n) is 5.59. The average Bonchev–Trinajstić information content (AvgIpc) is 2.36. The minimum atomic E-state index is -0.858. The number of aliphatic hydroxyl groups is 1. The van der Waals surface area contributed by atoms with Crippen molar-refractivity contribution in [2.45, 2.75) is 13.0 Å². The van der Waals surface area contributed by atoms with E-state index in [2.05, 4.69) is 0 Å². The fraction of sp³-hybridized carbons (Fsp3) is 0.143. The van der Waals surface area contributed by atoms with Crippen LogP contribution in [0.3, 0.4) is 0 Å². The van der Waals surface area contributed by atoms with Crippen LogP contribution >= 0.6 is 23.2 Å². The molecule has 2 rings (SSSR count). The molecule has 1 unspecified atom stereocenters. The summed E-state index contributed by atoms with van der Waals surface area (Å²) >= 11 is 11.9. The largest absolute Gasteiger partial charge is 0.452 e. The summed E-state index contributed by atoms with van der Waals surface area (Å²) in [6.45, 7) is 1.53. The van der Waals surface area contributed by atoms with Gasteiger partial charge in [0, 0.05) is 5.56 Å². The summed E-state index contributed by atoms with van der Waals surface area (Å²) in [6, 6.07) is 9.16. The zero-order valence-corrected chi connectivity index (χ0v) is 11.5. The minimum absolute atomic E-state index is 0.0540. The van der Waals surface area contributed by atoms with Gasteiger partial charge in [-0.2, -0.15) is 0 Å². The maximum absolute atomic E-state index is 13.8. The van der Waals surface area contributed by atoms with Crippen LogP contribution < -0.4 is 4.74 Å². The molecule has 19 heavy (non-hydrogen) atoms.